The fraction of sp³-hybridized carbons (Fsp3) is 0.111. The van der Waals surface area contributed by atoms with Crippen LogP contribution in [0.25, 0.3) is 11.4 Å². The molecule has 7 nitrogen and oxygen atoms in total. The average molecular weight is 402 g/mol. The van der Waals surface area contributed by atoms with Gasteiger partial charge >= 0.3 is 0 Å². The minimum absolute atomic E-state index is 0.139. The summed E-state index contributed by atoms with van der Waals surface area (Å²) in [5.41, 5.74) is 4.02. The topological polar surface area (TPSA) is 92.4 Å². The number of nitrogens with zero attached hydrogens (tertiary/aromatic N) is 4. The molecular formula is C18H16ClN5O2S. The van der Waals surface area contributed by atoms with Crippen molar-refractivity contribution in [2.75, 3.05) is 5.75 Å². The van der Waals surface area contributed by atoms with E-state index in [0.717, 1.165) is 5.56 Å². The Morgan fingerprint density at radius 3 is 2.81 bits per heavy atom. The summed E-state index contributed by atoms with van der Waals surface area (Å²) in [6.45, 7) is 0. The zero-order valence-corrected chi connectivity index (χ0v) is 15.9. The Kier molecular flexibility index (Phi) is 6.10. The van der Waals surface area contributed by atoms with Gasteiger partial charge in [0.15, 0.2) is 11.0 Å². The van der Waals surface area contributed by atoms with Gasteiger partial charge in [-0.25, -0.2) is 5.43 Å². The highest BCUT2D eigenvalue weighted by Crippen LogP contribution is 2.23. The molecule has 0 saturated carbocycles. The van der Waals surface area contributed by atoms with E-state index in [2.05, 4.69) is 20.7 Å². The number of hydrogen-bond donors (Lipinski definition) is 2. The third kappa shape index (κ3) is 5.08. The number of rotatable bonds is 6. The third-order valence-corrected chi connectivity index (χ3v) is 4.81. The molecule has 3 rings (SSSR count). The fourth-order valence-electron chi connectivity index (χ4n) is 2.24. The van der Waals surface area contributed by atoms with Gasteiger partial charge in [0.25, 0.3) is 5.91 Å². The molecule has 1 aromatic heterocycles. The SMILES string of the molecule is Cn1c(SCC(=O)N/N=C/c2cccc(O)c2)nnc1-c1ccc(Cl)cc1. The summed E-state index contributed by atoms with van der Waals surface area (Å²) in [5.74, 6) is 0.702. The number of benzene rings is 2. The molecule has 0 bridgehead atoms. The number of phenols is 1. The van der Waals surface area contributed by atoms with E-state index in [-0.39, 0.29) is 17.4 Å². The molecule has 138 valence electrons. The number of aromatic nitrogens is 3. The molecule has 0 spiro atoms. The summed E-state index contributed by atoms with van der Waals surface area (Å²) in [6, 6.07) is 13.9. The van der Waals surface area contributed by atoms with Crippen LogP contribution >= 0.6 is 23.4 Å². The summed E-state index contributed by atoms with van der Waals surface area (Å²) in [6.07, 6.45) is 1.46. The summed E-state index contributed by atoms with van der Waals surface area (Å²) in [7, 11) is 1.84. The number of phenolic OH excluding ortho intramolecular Hbond substituents is 1. The van der Waals surface area contributed by atoms with Crippen molar-refractivity contribution in [1.82, 2.24) is 20.2 Å². The molecule has 0 unspecified atom stereocenters. The van der Waals surface area contributed by atoms with Crippen molar-refractivity contribution in [3.63, 3.8) is 0 Å². The van der Waals surface area contributed by atoms with Gasteiger partial charge in [-0.15, -0.1) is 10.2 Å². The van der Waals surface area contributed by atoms with Gasteiger partial charge in [-0.1, -0.05) is 35.5 Å². The molecule has 0 fully saturated rings. The highest BCUT2D eigenvalue weighted by molar-refractivity contribution is 7.99. The first-order valence-electron chi connectivity index (χ1n) is 7.92. The van der Waals surface area contributed by atoms with Gasteiger partial charge in [0.05, 0.1) is 12.0 Å². The van der Waals surface area contributed by atoms with E-state index in [1.807, 2.05) is 23.7 Å². The molecule has 0 radical (unpaired) electrons. The summed E-state index contributed by atoms with van der Waals surface area (Å²) in [4.78, 5) is 11.9. The predicted octanol–water partition coefficient (Wildman–Crippen LogP) is 3.08. The maximum Gasteiger partial charge on any atom is 0.250 e. The number of thioether (sulfide) groups is 1. The second-order valence-corrected chi connectivity index (χ2v) is 6.93. The van der Waals surface area contributed by atoms with E-state index in [1.54, 1.807) is 36.4 Å². The Balaban J connectivity index is 1.55. The van der Waals surface area contributed by atoms with Crippen molar-refractivity contribution in [3.05, 3.63) is 59.1 Å². The number of hydrogen-bond acceptors (Lipinski definition) is 6. The van der Waals surface area contributed by atoms with Crippen LogP contribution in [0.1, 0.15) is 5.56 Å². The van der Waals surface area contributed by atoms with E-state index < -0.39 is 0 Å². The van der Waals surface area contributed by atoms with Crippen molar-refractivity contribution in [3.8, 4) is 17.1 Å². The first-order chi connectivity index (χ1) is 13.0. The van der Waals surface area contributed by atoms with Gasteiger partial charge in [-0.05, 0) is 42.0 Å². The maximum absolute atomic E-state index is 11.9. The Bertz CT molecular complexity index is 972. The molecule has 0 saturated heterocycles. The van der Waals surface area contributed by atoms with Crippen LogP contribution in [-0.2, 0) is 11.8 Å². The van der Waals surface area contributed by atoms with Crippen LogP contribution in [0.2, 0.25) is 5.02 Å². The van der Waals surface area contributed by atoms with Crippen LogP contribution in [0.15, 0.2) is 58.8 Å². The molecule has 0 aliphatic rings. The summed E-state index contributed by atoms with van der Waals surface area (Å²) >= 11 is 7.16. The van der Waals surface area contributed by atoms with E-state index in [4.69, 9.17) is 11.6 Å². The summed E-state index contributed by atoms with van der Waals surface area (Å²) in [5, 5.41) is 22.8. The minimum Gasteiger partial charge on any atom is -0.508 e. The van der Waals surface area contributed by atoms with Gasteiger partial charge in [0.2, 0.25) is 0 Å². The smallest absolute Gasteiger partial charge is 0.250 e. The average Bonchev–Trinajstić information content (AvgIpc) is 3.01. The molecule has 2 N–H and O–H groups in total. The number of carbonyl (C=O) groups is 1. The quantitative estimate of drug-likeness (QED) is 0.376. The third-order valence-electron chi connectivity index (χ3n) is 3.54. The zero-order chi connectivity index (χ0) is 19.2. The Labute approximate surface area is 165 Å². The molecule has 1 heterocycles. The predicted molar refractivity (Wildman–Crippen MR) is 106 cm³/mol. The largest absolute Gasteiger partial charge is 0.508 e. The molecule has 27 heavy (non-hydrogen) atoms. The number of carbonyl (C=O) groups excluding carboxylic acids is 1. The number of nitrogens with one attached hydrogen (secondary N) is 1. The van der Waals surface area contributed by atoms with Gasteiger partial charge in [0.1, 0.15) is 5.75 Å². The van der Waals surface area contributed by atoms with Gasteiger partial charge < -0.3 is 9.67 Å². The Hall–Kier alpha value is -2.84. The molecule has 2 aromatic carbocycles. The van der Waals surface area contributed by atoms with Crippen LogP contribution in [-0.4, -0.2) is 37.7 Å². The molecular weight excluding hydrogens is 386 g/mol. The van der Waals surface area contributed by atoms with E-state index in [9.17, 15) is 9.90 Å². The Morgan fingerprint density at radius 1 is 1.30 bits per heavy atom. The molecule has 1 amide bonds. The molecule has 0 aliphatic carbocycles. The first kappa shape index (κ1) is 18.9. The number of halogens is 1. The Morgan fingerprint density at radius 2 is 2.07 bits per heavy atom. The maximum atomic E-state index is 11.9. The zero-order valence-electron chi connectivity index (χ0n) is 14.3. The van der Waals surface area contributed by atoms with E-state index in [0.29, 0.717) is 21.6 Å². The minimum atomic E-state index is -0.271. The van der Waals surface area contributed by atoms with Crippen LogP contribution in [0.4, 0.5) is 0 Å². The molecule has 3 aromatic rings. The number of aromatic hydroxyl groups is 1. The van der Waals surface area contributed by atoms with Crippen molar-refractivity contribution in [2.45, 2.75) is 5.16 Å². The second kappa shape index (κ2) is 8.70. The molecule has 0 atom stereocenters. The highest BCUT2D eigenvalue weighted by atomic mass is 35.5. The van der Waals surface area contributed by atoms with Crippen molar-refractivity contribution >= 4 is 35.5 Å². The number of hydrazone groups is 1. The van der Waals surface area contributed by atoms with Gasteiger partial charge in [-0.3, -0.25) is 4.79 Å². The van der Waals surface area contributed by atoms with Crippen LogP contribution in [0.3, 0.4) is 0 Å². The monoisotopic (exact) mass is 401 g/mol. The summed E-state index contributed by atoms with van der Waals surface area (Å²) < 4.78 is 1.82. The van der Waals surface area contributed by atoms with Crippen molar-refractivity contribution in [1.29, 1.82) is 0 Å². The lowest BCUT2D eigenvalue weighted by molar-refractivity contribution is -0.118. The van der Waals surface area contributed by atoms with Crippen molar-refractivity contribution < 1.29 is 9.90 Å². The normalized spacial score (nSPS) is 11.0. The van der Waals surface area contributed by atoms with Crippen LogP contribution in [0.5, 0.6) is 5.75 Å². The highest BCUT2D eigenvalue weighted by Gasteiger charge is 2.12. The second-order valence-electron chi connectivity index (χ2n) is 5.55. The molecule has 9 heteroatoms. The van der Waals surface area contributed by atoms with Gasteiger partial charge in [0, 0.05) is 17.6 Å². The van der Waals surface area contributed by atoms with Crippen LogP contribution < -0.4 is 5.43 Å². The van der Waals surface area contributed by atoms with E-state index >= 15 is 0 Å². The van der Waals surface area contributed by atoms with Crippen LogP contribution in [0, 0.1) is 0 Å². The lowest BCUT2D eigenvalue weighted by Gasteiger charge is -2.04. The number of amides is 1. The van der Waals surface area contributed by atoms with Gasteiger partial charge in [-0.2, -0.15) is 5.10 Å². The standard InChI is InChI=1S/C18H16ClN5O2S/c1-24-17(13-5-7-14(19)8-6-13)22-23-18(24)27-11-16(26)21-20-10-12-3-2-4-15(25)9-12/h2-10,25H,11H2,1H3,(H,21,26)/b20-10+. The fourth-order valence-corrected chi connectivity index (χ4v) is 3.07. The van der Waals surface area contributed by atoms with Crippen molar-refractivity contribution in [2.24, 2.45) is 12.1 Å². The molecule has 0 aliphatic heterocycles. The first-order valence-corrected chi connectivity index (χ1v) is 9.28. The lowest BCUT2D eigenvalue weighted by Crippen LogP contribution is -2.19. The van der Waals surface area contributed by atoms with E-state index in [1.165, 1.54) is 18.0 Å². The lowest BCUT2D eigenvalue weighted by atomic mass is 10.2.